The van der Waals surface area contributed by atoms with E-state index in [-0.39, 0.29) is 0 Å². The van der Waals surface area contributed by atoms with Crippen molar-refractivity contribution >= 4 is 0 Å². The lowest BCUT2D eigenvalue weighted by Gasteiger charge is -2.12. The monoisotopic (exact) mass is 231 g/mol. The van der Waals surface area contributed by atoms with Gasteiger partial charge in [0.2, 0.25) is 0 Å². The van der Waals surface area contributed by atoms with E-state index in [2.05, 4.69) is 5.32 Å². The summed E-state index contributed by atoms with van der Waals surface area (Å²) in [5.41, 5.74) is 0.166. The van der Waals surface area contributed by atoms with Crippen molar-refractivity contribution in [1.82, 2.24) is 5.32 Å². The van der Waals surface area contributed by atoms with Crippen LogP contribution in [0.2, 0.25) is 0 Å². The van der Waals surface area contributed by atoms with Crippen LogP contribution in [0.25, 0.3) is 0 Å². The Bertz CT molecular complexity index is 333. The van der Waals surface area contributed by atoms with Crippen LogP contribution >= 0.6 is 0 Å². The normalized spacial score (nSPS) is 13.8. The average Bonchev–Trinajstić information content (AvgIpc) is 2.17. The van der Waals surface area contributed by atoms with Crippen LogP contribution in [-0.4, -0.2) is 13.6 Å². The highest BCUT2D eigenvalue weighted by Crippen LogP contribution is 2.29. The fourth-order valence-corrected chi connectivity index (χ4v) is 1.70. The maximum absolute atomic E-state index is 12.4. The molecule has 0 aliphatic carbocycles. The van der Waals surface area contributed by atoms with Gasteiger partial charge in [0.25, 0.3) is 0 Å². The van der Waals surface area contributed by atoms with Crippen molar-refractivity contribution in [2.45, 2.75) is 19.5 Å². The van der Waals surface area contributed by atoms with Gasteiger partial charge in [0, 0.05) is 0 Å². The third-order valence-corrected chi connectivity index (χ3v) is 2.39. The standard InChI is InChI=1S/C12H16F3N/c1-9(8-16-2)6-10-4-3-5-11(7-10)12(13,14)15/h3-5,7,9,16H,6,8H2,1-2H3. The molecule has 1 nitrogen and oxygen atoms in total. The van der Waals surface area contributed by atoms with Crippen LogP contribution in [0.15, 0.2) is 24.3 Å². The third kappa shape index (κ3) is 3.85. The fraction of sp³-hybridized carbons (Fsp3) is 0.500. The number of hydrogen-bond acceptors (Lipinski definition) is 1. The van der Waals surface area contributed by atoms with Gasteiger partial charge >= 0.3 is 6.18 Å². The Balaban J connectivity index is 2.75. The zero-order valence-corrected chi connectivity index (χ0v) is 9.43. The van der Waals surface area contributed by atoms with Crippen LogP contribution in [0.3, 0.4) is 0 Å². The van der Waals surface area contributed by atoms with Crippen LogP contribution in [-0.2, 0) is 12.6 Å². The summed E-state index contributed by atoms with van der Waals surface area (Å²) in [4.78, 5) is 0. The number of hydrogen-bond donors (Lipinski definition) is 1. The van der Waals surface area contributed by atoms with Gasteiger partial charge in [0.15, 0.2) is 0 Å². The third-order valence-electron chi connectivity index (χ3n) is 2.39. The first kappa shape index (κ1) is 13.0. The Morgan fingerprint density at radius 2 is 2.00 bits per heavy atom. The first-order valence-electron chi connectivity index (χ1n) is 5.24. The van der Waals surface area contributed by atoms with E-state index in [4.69, 9.17) is 0 Å². The van der Waals surface area contributed by atoms with Crippen molar-refractivity contribution in [2.75, 3.05) is 13.6 Å². The number of nitrogens with one attached hydrogen (secondary N) is 1. The minimum absolute atomic E-state index is 0.327. The van der Waals surface area contributed by atoms with Crippen molar-refractivity contribution in [1.29, 1.82) is 0 Å². The van der Waals surface area contributed by atoms with E-state index < -0.39 is 11.7 Å². The van der Waals surface area contributed by atoms with Crippen LogP contribution in [0.5, 0.6) is 0 Å². The van der Waals surface area contributed by atoms with Gasteiger partial charge in [0.1, 0.15) is 0 Å². The van der Waals surface area contributed by atoms with Crippen molar-refractivity contribution in [2.24, 2.45) is 5.92 Å². The van der Waals surface area contributed by atoms with Gasteiger partial charge in [0.05, 0.1) is 5.56 Å². The lowest BCUT2D eigenvalue weighted by Crippen LogP contribution is -2.18. The predicted octanol–water partition coefficient (Wildman–Crippen LogP) is 3.10. The Morgan fingerprint density at radius 1 is 1.31 bits per heavy atom. The second-order valence-electron chi connectivity index (χ2n) is 4.07. The van der Waals surface area contributed by atoms with Gasteiger partial charge in [-0.15, -0.1) is 0 Å². The molecule has 0 fully saturated rings. The topological polar surface area (TPSA) is 12.0 Å². The van der Waals surface area contributed by atoms with E-state index in [9.17, 15) is 13.2 Å². The van der Waals surface area contributed by atoms with Gasteiger partial charge in [-0.1, -0.05) is 25.1 Å². The summed E-state index contributed by atoms with van der Waals surface area (Å²) in [6.45, 7) is 2.81. The summed E-state index contributed by atoms with van der Waals surface area (Å²) in [5, 5.41) is 3.01. The van der Waals surface area contributed by atoms with Crippen molar-refractivity contribution in [3.63, 3.8) is 0 Å². The number of alkyl halides is 3. The molecule has 0 aliphatic heterocycles. The highest BCUT2D eigenvalue weighted by Gasteiger charge is 2.30. The number of benzene rings is 1. The number of halogens is 3. The summed E-state index contributed by atoms with van der Waals surface area (Å²) < 4.78 is 37.3. The van der Waals surface area contributed by atoms with E-state index in [0.29, 0.717) is 12.3 Å². The first-order chi connectivity index (χ1) is 7.43. The molecule has 0 radical (unpaired) electrons. The van der Waals surface area contributed by atoms with Gasteiger partial charge in [-0.3, -0.25) is 0 Å². The van der Waals surface area contributed by atoms with Crippen LogP contribution in [0.1, 0.15) is 18.1 Å². The molecule has 16 heavy (non-hydrogen) atoms. The molecule has 1 aromatic carbocycles. The second kappa shape index (κ2) is 5.34. The number of rotatable bonds is 4. The van der Waals surface area contributed by atoms with E-state index in [0.717, 1.165) is 18.2 Å². The lowest BCUT2D eigenvalue weighted by atomic mass is 9.99. The smallest absolute Gasteiger partial charge is 0.319 e. The molecule has 0 saturated heterocycles. The molecule has 1 rings (SSSR count). The largest absolute Gasteiger partial charge is 0.416 e. The molecule has 0 amide bonds. The highest BCUT2D eigenvalue weighted by molar-refractivity contribution is 5.25. The summed E-state index contributed by atoms with van der Waals surface area (Å²) in [7, 11) is 1.84. The molecule has 1 unspecified atom stereocenters. The average molecular weight is 231 g/mol. The molecule has 1 aromatic rings. The van der Waals surface area contributed by atoms with Crippen LogP contribution < -0.4 is 5.32 Å². The molecule has 0 aliphatic rings. The molecule has 0 spiro atoms. The van der Waals surface area contributed by atoms with Gasteiger partial charge < -0.3 is 5.32 Å². The summed E-state index contributed by atoms with van der Waals surface area (Å²) in [6, 6.07) is 5.53. The van der Waals surface area contributed by atoms with Crippen LogP contribution in [0.4, 0.5) is 13.2 Å². The minimum Gasteiger partial charge on any atom is -0.319 e. The Labute approximate surface area is 93.7 Å². The molecule has 0 bridgehead atoms. The van der Waals surface area contributed by atoms with E-state index in [1.54, 1.807) is 6.07 Å². The second-order valence-corrected chi connectivity index (χ2v) is 4.07. The summed E-state index contributed by atoms with van der Waals surface area (Å²) >= 11 is 0. The molecular formula is C12H16F3N. The zero-order valence-electron chi connectivity index (χ0n) is 9.43. The predicted molar refractivity (Wildman–Crippen MR) is 58.2 cm³/mol. The lowest BCUT2D eigenvalue weighted by molar-refractivity contribution is -0.137. The molecule has 0 aromatic heterocycles. The zero-order chi connectivity index (χ0) is 12.2. The van der Waals surface area contributed by atoms with E-state index in [1.807, 2.05) is 14.0 Å². The maximum atomic E-state index is 12.4. The molecule has 1 N–H and O–H groups in total. The van der Waals surface area contributed by atoms with Crippen molar-refractivity contribution < 1.29 is 13.2 Å². The molecule has 1 atom stereocenters. The van der Waals surface area contributed by atoms with Gasteiger partial charge in [-0.05, 0) is 37.6 Å². The van der Waals surface area contributed by atoms with Crippen molar-refractivity contribution in [3.8, 4) is 0 Å². The van der Waals surface area contributed by atoms with Gasteiger partial charge in [-0.2, -0.15) is 13.2 Å². The summed E-state index contributed by atoms with van der Waals surface area (Å²) in [6.07, 6.45) is -3.59. The summed E-state index contributed by atoms with van der Waals surface area (Å²) in [5.74, 6) is 0.327. The Morgan fingerprint density at radius 3 is 2.56 bits per heavy atom. The maximum Gasteiger partial charge on any atom is 0.416 e. The molecule has 4 heteroatoms. The molecular weight excluding hydrogens is 215 g/mol. The Hall–Kier alpha value is -1.03. The SMILES string of the molecule is CNCC(C)Cc1cccc(C(F)(F)F)c1. The van der Waals surface area contributed by atoms with Gasteiger partial charge in [-0.25, -0.2) is 0 Å². The highest BCUT2D eigenvalue weighted by atomic mass is 19.4. The fourth-order valence-electron chi connectivity index (χ4n) is 1.70. The van der Waals surface area contributed by atoms with Crippen LogP contribution in [0, 0.1) is 5.92 Å². The molecule has 0 saturated carbocycles. The minimum atomic E-state index is -4.25. The first-order valence-corrected chi connectivity index (χ1v) is 5.24. The van der Waals surface area contributed by atoms with E-state index in [1.165, 1.54) is 12.1 Å². The van der Waals surface area contributed by atoms with E-state index >= 15 is 0 Å². The molecule has 90 valence electrons. The molecule has 0 heterocycles. The quantitative estimate of drug-likeness (QED) is 0.839. The Kier molecular flexibility index (Phi) is 4.35. The van der Waals surface area contributed by atoms with Crippen molar-refractivity contribution in [3.05, 3.63) is 35.4 Å².